The SMILES string of the molecule is COc1cc(Nc2cc(C)ccc2C#N)ccc1C(=O)O. The molecule has 0 unspecified atom stereocenters. The average Bonchev–Trinajstić information content (AvgIpc) is 2.47. The van der Waals surface area contributed by atoms with Gasteiger partial charge in [-0.25, -0.2) is 4.79 Å². The second kappa shape index (κ2) is 5.97. The number of nitrogens with zero attached hydrogens (tertiary/aromatic N) is 1. The predicted octanol–water partition coefficient (Wildman–Crippen LogP) is 3.32. The van der Waals surface area contributed by atoms with Crippen molar-refractivity contribution in [2.24, 2.45) is 0 Å². The number of rotatable bonds is 4. The normalized spacial score (nSPS) is 9.76. The largest absolute Gasteiger partial charge is 0.496 e. The summed E-state index contributed by atoms with van der Waals surface area (Å²) in [6.45, 7) is 1.93. The van der Waals surface area contributed by atoms with Gasteiger partial charge in [0.25, 0.3) is 0 Å². The van der Waals surface area contributed by atoms with Crippen LogP contribution in [0.4, 0.5) is 11.4 Å². The van der Waals surface area contributed by atoms with E-state index in [9.17, 15) is 4.79 Å². The molecule has 0 saturated heterocycles. The van der Waals surface area contributed by atoms with E-state index in [1.54, 1.807) is 18.2 Å². The molecule has 21 heavy (non-hydrogen) atoms. The summed E-state index contributed by atoms with van der Waals surface area (Å²) in [6.07, 6.45) is 0. The molecule has 0 heterocycles. The predicted molar refractivity (Wildman–Crippen MR) is 79.1 cm³/mol. The minimum absolute atomic E-state index is 0.0906. The Bertz CT molecular complexity index is 733. The van der Waals surface area contributed by atoms with Crippen LogP contribution >= 0.6 is 0 Å². The van der Waals surface area contributed by atoms with Gasteiger partial charge in [-0.2, -0.15) is 5.26 Å². The molecule has 0 amide bonds. The van der Waals surface area contributed by atoms with Crippen molar-refractivity contribution < 1.29 is 14.6 Å². The smallest absolute Gasteiger partial charge is 0.339 e. The minimum Gasteiger partial charge on any atom is -0.496 e. The summed E-state index contributed by atoms with van der Waals surface area (Å²) in [6, 6.07) is 12.3. The van der Waals surface area contributed by atoms with Crippen LogP contribution in [0, 0.1) is 18.3 Å². The summed E-state index contributed by atoms with van der Waals surface area (Å²) >= 11 is 0. The van der Waals surface area contributed by atoms with Crippen LogP contribution in [0.1, 0.15) is 21.5 Å². The number of nitrogens with one attached hydrogen (secondary N) is 1. The number of hydrogen-bond donors (Lipinski definition) is 2. The van der Waals surface area contributed by atoms with Crippen LogP contribution in [0.3, 0.4) is 0 Å². The van der Waals surface area contributed by atoms with Crippen molar-refractivity contribution in [3.05, 3.63) is 53.1 Å². The maximum absolute atomic E-state index is 11.1. The third-order valence-electron chi connectivity index (χ3n) is 3.01. The number of aryl methyl sites for hydroxylation is 1. The summed E-state index contributed by atoms with van der Waals surface area (Å²) in [5, 5.41) is 21.3. The molecule has 5 nitrogen and oxygen atoms in total. The molecule has 0 atom stereocenters. The Morgan fingerprint density at radius 3 is 2.67 bits per heavy atom. The average molecular weight is 282 g/mol. The van der Waals surface area contributed by atoms with E-state index in [-0.39, 0.29) is 11.3 Å². The molecule has 106 valence electrons. The zero-order valence-corrected chi connectivity index (χ0v) is 11.7. The lowest BCUT2D eigenvalue weighted by Gasteiger charge is -2.12. The number of anilines is 2. The van der Waals surface area contributed by atoms with Gasteiger partial charge < -0.3 is 15.2 Å². The molecule has 5 heteroatoms. The molecule has 2 aromatic rings. The van der Waals surface area contributed by atoms with E-state index in [1.165, 1.54) is 13.2 Å². The quantitative estimate of drug-likeness (QED) is 0.898. The zero-order valence-electron chi connectivity index (χ0n) is 11.7. The molecule has 0 aliphatic carbocycles. The van der Waals surface area contributed by atoms with Crippen LogP contribution in [-0.2, 0) is 0 Å². The third-order valence-corrected chi connectivity index (χ3v) is 3.01. The van der Waals surface area contributed by atoms with Gasteiger partial charge in [0.2, 0.25) is 0 Å². The Morgan fingerprint density at radius 1 is 1.29 bits per heavy atom. The van der Waals surface area contributed by atoms with Gasteiger partial charge in [0.05, 0.1) is 18.4 Å². The van der Waals surface area contributed by atoms with Gasteiger partial charge in [0.1, 0.15) is 17.4 Å². The molecule has 0 radical (unpaired) electrons. The molecule has 2 rings (SSSR count). The molecule has 0 aliphatic heterocycles. The standard InChI is InChI=1S/C16H14N2O3/c1-10-3-4-11(9-17)14(7-10)18-12-5-6-13(16(19)20)15(8-12)21-2/h3-8,18H,1-2H3,(H,19,20). The molecule has 0 bridgehead atoms. The van der Waals surface area contributed by atoms with E-state index in [4.69, 9.17) is 15.1 Å². The summed E-state index contributed by atoms with van der Waals surface area (Å²) in [5.41, 5.74) is 2.95. The number of carboxylic acid groups (broad SMARTS) is 1. The second-order valence-electron chi connectivity index (χ2n) is 4.51. The van der Waals surface area contributed by atoms with Gasteiger partial charge in [0, 0.05) is 11.8 Å². The first-order chi connectivity index (χ1) is 10.0. The molecule has 0 aromatic heterocycles. The summed E-state index contributed by atoms with van der Waals surface area (Å²) in [4.78, 5) is 11.1. The van der Waals surface area contributed by atoms with Crippen molar-refractivity contribution >= 4 is 17.3 Å². The number of methoxy groups -OCH3 is 1. The number of nitriles is 1. The van der Waals surface area contributed by atoms with Gasteiger partial charge in [-0.3, -0.25) is 0 Å². The summed E-state index contributed by atoms with van der Waals surface area (Å²) in [7, 11) is 1.42. The summed E-state index contributed by atoms with van der Waals surface area (Å²) < 4.78 is 5.08. The highest BCUT2D eigenvalue weighted by Crippen LogP contribution is 2.27. The zero-order chi connectivity index (χ0) is 15.4. The number of carboxylic acids is 1. The highest BCUT2D eigenvalue weighted by Gasteiger charge is 2.12. The van der Waals surface area contributed by atoms with Gasteiger partial charge in [-0.05, 0) is 36.8 Å². The Labute approximate surface area is 122 Å². The van der Waals surface area contributed by atoms with Crippen molar-refractivity contribution in [1.29, 1.82) is 5.26 Å². The van der Waals surface area contributed by atoms with Crippen molar-refractivity contribution in [1.82, 2.24) is 0 Å². The van der Waals surface area contributed by atoms with Crippen molar-refractivity contribution in [2.75, 3.05) is 12.4 Å². The highest BCUT2D eigenvalue weighted by molar-refractivity contribution is 5.91. The van der Waals surface area contributed by atoms with E-state index in [2.05, 4.69) is 11.4 Å². The first-order valence-electron chi connectivity index (χ1n) is 6.24. The van der Waals surface area contributed by atoms with Crippen molar-refractivity contribution in [3.63, 3.8) is 0 Å². The second-order valence-corrected chi connectivity index (χ2v) is 4.51. The van der Waals surface area contributed by atoms with Crippen LogP contribution in [0.25, 0.3) is 0 Å². The fraction of sp³-hybridized carbons (Fsp3) is 0.125. The van der Waals surface area contributed by atoms with Gasteiger partial charge in [-0.1, -0.05) is 6.07 Å². The van der Waals surface area contributed by atoms with Crippen LogP contribution in [0.2, 0.25) is 0 Å². The highest BCUT2D eigenvalue weighted by atomic mass is 16.5. The van der Waals surface area contributed by atoms with E-state index in [1.807, 2.05) is 19.1 Å². The maximum atomic E-state index is 11.1. The minimum atomic E-state index is -1.05. The molecular formula is C16H14N2O3. The van der Waals surface area contributed by atoms with Crippen LogP contribution in [-0.4, -0.2) is 18.2 Å². The fourth-order valence-corrected chi connectivity index (χ4v) is 1.96. The Balaban J connectivity index is 2.39. The van der Waals surface area contributed by atoms with Crippen molar-refractivity contribution in [2.45, 2.75) is 6.92 Å². The topological polar surface area (TPSA) is 82.3 Å². The van der Waals surface area contributed by atoms with Gasteiger partial charge in [-0.15, -0.1) is 0 Å². The van der Waals surface area contributed by atoms with Crippen molar-refractivity contribution in [3.8, 4) is 11.8 Å². The molecule has 0 saturated carbocycles. The van der Waals surface area contributed by atoms with Crippen LogP contribution < -0.4 is 10.1 Å². The lowest BCUT2D eigenvalue weighted by atomic mass is 10.1. The van der Waals surface area contributed by atoms with E-state index in [0.29, 0.717) is 16.9 Å². The lowest BCUT2D eigenvalue weighted by Crippen LogP contribution is -2.02. The van der Waals surface area contributed by atoms with Gasteiger partial charge >= 0.3 is 5.97 Å². The third kappa shape index (κ3) is 3.12. The Morgan fingerprint density at radius 2 is 2.05 bits per heavy atom. The number of hydrogen-bond acceptors (Lipinski definition) is 4. The fourth-order valence-electron chi connectivity index (χ4n) is 1.96. The molecular weight excluding hydrogens is 268 g/mol. The van der Waals surface area contributed by atoms with E-state index in [0.717, 1.165) is 5.56 Å². The molecule has 0 fully saturated rings. The number of ether oxygens (including phenoxy) is 1. The Hall–Kier alpha value is -3.00. The number of benzene rings is 2. The van der Waals surface area contributed by atoms with E-state index >= 15 is 0 Å². The maximum Gasteiger partial charge on any atom is 0.339 e. The van der Waals surface area contributed by atoms with Crippen LogP contribution in [0.15, 0.2) is 36.4 Å². The molecule has 0 aliphatic rings. The molecule has 2 N–H and O–H groups in total. The number of aromatic carboxylic acids is 1. The molecule has 2 aromatic carbocycles. The number of carbonyl (C=O) groups is 1. The van der Waals surface area contributed by atoms with Crippen LogP contribution in [0.5, 0.6) is 5.75 Å². The Kier molecular flexibility index (Phi) is 4.10. The first kappa shape index (κ1) is 14.4. The van der Waals surface area contributed by atoms with Gasteiger partial charge in [0.15, 0.2) is 0 Å². The molecule has 0 spiro atoms. The summed E-state index contributed by atoms with van der Waals surface area (Å²) in [5.74, 6) is -0.787. The first-order valence-corrected chi connectivity index (χ1v) is 6.24. The monoisotopic (exact) mass is 282 g/mol. The van der Waals surface area contributed by atoms with E-state index < -0.39 is 5.97 Å². The lowest BCUT2D eigenvalue weighted by molar-refractivity contribution is 0.0693.